The van der Waals surface area contributed by atoms with E-state index in [4.69, 9.17) is 16.6 Å². The van der Waals surface area contributed by atoms with Gasteiger partial charge in [0.25, 0.3) is 0 Å². The Morgan fingerprint density at radius 2 is 1.86 bits per heavy atom. The van der Waals surface area contributed by atoms with Crippen LogP contribution in [0.2, 0.25) is 5.02 Å². The van der Waals surface area contributed by atoms with Crippen LogP contribution in [0.25, 0.3) is 27.8 Å². The Hall–Kier alpha value is -3.12. The molecule has 4 rings (SSSR count). The van der Waals surface area contributed by atoms with Gasteiger partial charge in [-0.1, -0.05) is 35.9 Å². The van der Waals surface area contributed by atoms with Gasteiger partial charge in [-0.25, -0.2) is 9.78 Å². The molecule has 0 radical (unpaired) electrons. The summed E-state index contributed by atoms with van der Waals surface area (Å²) in [4.78, 5) is 32.4. The third-order valence-electron chi connectivity index (χ3n) is 5.11. The second-order valence-electron chi connectivity index (χ2n) is 6.78. The topological polar surface area (TPSA) is 59.6 Å². The monoisotopic (exact) mass is 408 g/mol. The third kappa shape index (κ3) is 3.40. The fraction of sp³-hybridized carbons (Fsp3) is 0.227. The van der Waals surface area contributed by atoms with Crippen molar-refractivity contribution in [2.45, 2.75) is 20.4 Å². The summed E-state index contributed by atoms with van der Waals surface area (Å²) in [5, 5.41) is 1.42. The number of halogens is 1. The smallest absolute Gasteiger partial charge is 0.334 e. The van der Waals surface area contributed by atoms with Gasteiger partial charge in [0.2, 0.25) is 5.91 Å². The summed E-state index contributed by atoms with van der Waals surface area (Å²) in [6, 6.07) is 14.9. The first-order chi connectivity index (χ1) is 14.0. The first-order valence-corrected chi connectivity index (χ1v) is 9.95. The molecular weight excluding hydrogens is 388 g/mol. The van der Waals surface area contributed by atoms with E-state index in [1.807, 2.05) is 56.3 Å². The van der Waals surface area contributed by atoms with Gasteiger partial charge < -0.3 is 4.90 Å². The molecule has 0 aliphatic rings. The molecule has 29 heavy (non-hydrogen) atoms. The Morgan fingerprint density at radius 3 is 2.59 bits per heavy atom. The Morgan fingerprint density at radius 1 is 1.10 bits per heavy atom. The van der Waals surface area contributed by atoms with Gasteiger partial charge in [0, 0.05) is 35.3 Å². The molecule has 6 nitrogen and oxygen atoms in total. The van der Waals surface area contributed by atoms with Crippen LogP contribution in [0.3, 0.4) is 0 Å². The predicted octanol–water partition coefficient (Wildman–Crippen LogP) is 3.84. The van der Waals surface area contributed by atoms with Gasteiger partial charge >= 0.3 is 5.69 Å². The van der Waals surface area contributed by atoms with Gasteiger partial charge in [-0.2, -0.15) is 0 Å². The zero-order chi connectivity index (χ0) is 20.5. The number of hydrogen-bond acceptors (Lipinski definition) is 3. The number of carbonyl (C=O) groups excluding carboxylic acids is 1. The van der Waals surface area contributed by atoms with Gasteiger partial charge in [-0.15, -0.1) is 0 Å². The van der Waals surface area contributed by atoms with Crippen LogP contribution < -0.4 is 5.69 Å². The number of rotatable bonds is 5. The fourth-order valence-electron chi connectivity index (χ4n) is 3.60. The summed E-state index contributed by atoms with van der Waals surface area (Å²) in [5.74, 6) is -0.0863. The number of carbonyl (C=O) groups is 1. The Kier molecular flexibility index (Phi) is 5.11. The molecular formula is C22H21ClN4O2. The highest BCUT2D eigenvalue weighted by Gasteiger charge is 2.18. The van der Waals surface area contributed by atoms with Crippen molar-refractivity contribution in [1.29, 1.82) is 0 Å². The SMILES string of the molecule is CCN(CC)C(=O)Cn1c(=O)n2cc(-c3cccc(Cl)c3)nc2c2ccccc21. The molecule has 0 unspecified atom stereocenters. The molecule has 2 aromatic heterocycles. The number of nitrogens with zero attached hydrogens (tertiary/aromatic N) is 4. The zero-order valence-electron chi connectivity index (χ0n) is 16.3. The van der Waals surface area contributed by atoms with Crippen LogP contribution in [-0.2, 0) is 11.3 Å². The quantitative estimate of drug-likeness (QED) is 0.504. The summed E-state index contributed by atoms with van der Waals surface area (Å²) in [6.45, 7) is 5.06. The van der Waals surface area contributed by atoms with Gasteiger partial charge in [0.15, 0.2) is 5.65 Å². The molecule has 0 fully saturated rings. The largest absolute Gasteiger partial charge is 0.342 e. The molecule has 0 spiro atoms. The van der Waals surface area contributed by atoms with Gasteiger partial charge in [0.05, 0.1) is 11.2 Å². The minimum Gasteiger partial charge on any atom is -0.342 e. The molecule has 7 heteroatoms. The normalized spacial score (nSPS) is 11.3. The van der Waals surface area contributed by atoms with E-state index in [9.17, 15) is 9.59 Å². The number of imidazole rings is 1. The van der Waals surface area contributed by atoms with E-state index < -0.39 is 0 Å². The van der Waals surface area contributed by atoms with Crippen molar-refractivity contribution < 1.29 is 4.79 Å². The molecule has 148 valence electrons. The van der Waals surface area contributed by atoms with Crippen molar-refractivity contribution in [3.63, 3.8) is 0 Å². The minimum absolute atomic E-state index is 0.0123. The van der Waals surface area contributed by atoms with Crippen molar-refractivity contribution in [1.82, 2.24) is 18.9 Å². The van der Waals surface area contributed by atoms with E-state index in [2.05, 4.69) is 0 Å². The van der Waals surface area contributed by atoms with E-state index in [0.717, 1.165) is 10.9 Å². The first kappa shape index (κ1) is 19.2. The number of hydrogen-bond donors (Lipinski definition) is 0. The van der Waals surface area contributed by atoms with E-state index in [0.29, 0.717) is 35.0 Å². The summed E-state index contributed by atoms with van der Waals surface area (Å²) in [6.07, 6.45) is 1.70. The van der Waals surface area contributed by atoms with Crippen LogP contribution in [-0.4, -0.2) is 37.8 Å². The van der Waals surface area contributed by atoms with Crippen molar-refractivity contribution in [2.75, 3.05) is 13.1 Å². The molecule has 0 saturated carbocycles. The summed E-state index contributed by atoms with van der Waals surface area (Å²) < 4.78 is 3.03. The van der Waals surface area contributed by atoms with Gasteiger partial charge in [0.1, 0.15) is 6.54 Å². The number of fused-ring (bicyclic) bond motifs is 3. The lowest BCUT2D eigenvalue weighted by atomic mass is 10.2. The van der Waals surface area contributed by atoms with Crippen molar-refractivity contribution >= 4 is 34.1 Å². The summed E-state index contributed by atoms with van der Waals surface area (Å²) >= 11 is 6.12. The molecule has 0 atom stereocenters. The molecule has 2 heterocycles. The molecule has 2 aromatic carbocycles. The van der Waals surface area contributed by atoms with Crippen molar-refractivity contribution in [3.05, 3.63) is 70.2 Å². The van der Waals surface area contributed by atoms with Gasteiger partial charge in [-0.05, 0) is 38.1 Å². The maximum Gasteiger partial charge on any atom is 0.334 e. The third-order valence-corrected chi connectivity index (χ3v) is 5.34. The Labute approximate surface area is 173 Å². The number of amides is 1. The van der Waals surface area contributed by atoms with E-state index in [-0.39, 0.29) is 18.1 Å². The van der Waals surface area contributed by atoms with Crippen molar-refractivity contribution in [3.8, 4) is 11.3 Å². The lowest BCUT2D eigenvalue weighted by molar-refractivity contribution is -0.131. The molecule has 0 bridgehead atoms. The lowest BCUT2D eigenvalue weighted by Gasteiger charge is -2.20. The van der Waals surface area contributed by atoms with Crippen LogP contribution in [0, 0.1) is 0 Å². The molecule has 0 aliphatic heterocycles. The van der Waals surface area contributed by atoms with Crippen LogP contribution in [0.1, 0.15) is 13.8 Å². The highest BCUT2D eigenvalue weighted by molar-refractivity contribution is 6.30. The first-order valence-electron chi connectivity index (χ1n) is 9.57. The highest BCUT2D eigenvalue weighted by atomic mass is 35.5. The average molecular weight is 409 g/mol. The standard InChI is InChI=1S/C22H21ClN4O2/c1-3-25(4-2)20(28)14-26-19-11-6-5-10-17(19)21-24-18(13-27(21)22(26)29)15-8-7-9-16(23)12-15/h5-13H,3-4,14H2,1-2H3. The molecule has 0 saturated heterocycles. The highest BCUT2D eigenvalue weighted by Crippen LogP contribution is 2.25. The van der Waals surface area contributed by atoms with Crippen LogP contribution in [0.15, 0.2) is 59.5 Å². The van der Waals surface area contributed by atoms with E-state index >= 15 is 0 Å². The maximum absolute atomic E-state index is 13.3. The Bertz CT molecular complexity index is 1270. The second kappa shape index (κ2) is 7.72. The molecule has 0 aliphatic carbocycles. The summed E-state index contributed by atoms with van der Waals surface area (Å²) in [5.41, 5.74) is 2.44. The van der Waals surface area contributed by atoms with Crippen LogP contribution >= 0.6 is 11.6 Å². The predicted molar refractivity (Wildman–Crippen MR) is 115 cm³/mol. The van der Waals surface area contributed by atoms with E-state index in [1.165, 1.54) is 8.97 Å². The van der Waals surface area contributed by atoms with Crippen LogP contribution in [0.5, 0.6) is 0 Å². The summed E-state index contributed by atoms with van der Waals surface area (Å²) in [7, 11) is 0. The minimum atomic E-state index is -0.292. The number of aromatic nitrogens is 3. The molecule has 4 aromatic rings. The van der Waals surface area contributed by atoms with Crippen molar-refractivity contribution in [2.24, 2.45) is 0 Å². The van der Waals surface area contributed by atoms with Gasteiger partial charge in [-0.3, -0.25) is 13.8 Å². The number of benzene rings is 2. The van der Waals surface area contributed by atoms with Crippen LogP contribution in [0.4, 0.5) is 0 Å². The second-order valence-corrected chi connectivity index (χ2v) is 7.22. The number of para-hydroxylation sites is 1. The molecule has 0 N–H and O–H groups in total. The Balaban J connectivity index is 1.94. The average Bonchev–Trinajstić information content (AvgIpc) is 3.18. The lowest BCUT2D eigenvalue weighted by Crippen LogP contribution is -2.37. The molecule has 1 amide bonds. The maximum atomic E-state index is 13.3. The number of likely N-dealkylation sites (N-methyl/N-ethyl adjacent to an activating group) is 1. The van der Waals surface area contributed by atoms with E-state index in [1.54, 1.807) is 17.2 Å². The fourth-order valence-corrected chi connectivity index (χ4v) is 3.79. The zero-order valence-corrected chi connectivity index (χ0v) is 17.1.